The lowest BCUT2D eigenvalue weighted by atomic mass is 10.1. The second kappa shape index (κ2) is 8.09. The summed E-state index contributed by atoms with van der Waals surface area (Å²) >= 11 is 0. The summed E-state index contributed by atoms with van der Waals surface area (Å²) in [6.45, 7) is 8.11. The molecule has 0 spiro atoms. The van der Waals surface area contributed by atoms with E-state index in [1.165, 1.54) is 12.3 Å². The Balaban J connectivity index is 1.93. The van der Waals surface area contributed by atoms with Gasteiger partial charge in [0.15, 0.2) is 0 Å². The number of aryl methyl sites for hydroxylation is 3. The number of benzene rings is 2. The number of anilines is 1. The molecule has 0 atom stereocenters. The van der Waals surface area contributed by atoms with Gasteiger partial charge in [0.25, 0.3) is 0 Å². The van der Waals surface area contributed by atoms with Gasteiger partial charge in [0.2, 0.25) is 15.3 Å². The SMILES string of the molecule is CCn1cc(S(=O)(=O)c2ccc(C)c(C)c2)c(=O)c2cc(F)c(N3CCOCC3)cc21. The van der Waals surface area contributed by atoms with Crippen LogP contribution in [0.25, 0.3) is 10.9 Å². The van der Waals surface area contributed by atoms with Crippen LogP contribution in [0.5, 0.6) is 0 Å². The molecule has 8 heteroatoms. The molecule has 3 aromatic rings. The summed E-state index contributed by atoms with van der Waals surface area (Å²) in [7, 11) is -4.06. The molecular formula is C23H25FN2O4S. The van der Waals surface area contributed by atoms with Crippen molar-refractivity contribution in [1.82, 2.24) is 4.57 Å². The minimum Gasteiger partial charge on any atom is -0.378 e. The van der Waals surface area contributed by atoms with Crippen molar-refractivity contribution in [2.24, 2.45) is 0 Å². The van der Waals surface area contributed by atoms with Crippen LogP contribution in [0.4, 0.5) is 10.1 Å². The first-order chi connectivity index (χ1) is 14.7. The third-order valence-corrected chi connectivity index (χ3v) is 7.63. The molecule has 1 aliphatic heterocycles. The standard InChI is InChI=1S/C23H25FN2O4S/c1-4-25-14-22(31(28,29)17-6-5-15(2)16(3)11-17)23(27)18-12-19(24)21(13-20(18)25)26-7-9-30-10-8-26/h5-6,11-14H,4,7-10H2,1-3H3. The number of ether oxygens (including phenoxy) is 1. The van der Waals surface area contributed by atoms with Crippen LogP contribution in [0, 0.1) is 19.7 Å². The summed E-state index contributed by atoms with van der Waals surface area (Å²) in [5, 5.41) is 0.0567. The molecular weight excluding hydrogens is 419 g/mol. The van der Waals surface area contributed by atoms with Crippen molar-refractivity contribution in [2.75, 3.05) is 31.2 Å². The first-order valence-electron chi connectivity index (χ1n) is 10.3. The van der Waals surface area contributed by atoms with E-state index in [4.69, 9.17) is 4.74 Å². The zero-order chi connectivity index (χ0) is 22.3. The number of hydrogen-bond acceptors (Lipinski definition) is 5. The molecule has 2 heterocycles. The molecule has 0 N–H and O–H groups in total. The first-order valence-corrected chi connectivity index (χ1v) is 11.7. The minimum atomic E-state index is -4.06. The molecule has 0 radical (unpaired) electrons. The zero-order valence-electron chi connectivity index (χ0n) is 17.8. The van der Waals surface area contributed by atoms with Crippen molar-refractivity contribution in [2.45, 2.75) is 37.1 Å². The van der Waals surface area contributed by atoms with Crippen LogP contribution in [0.1, 0.15) is 18.1 Å². The highest BCUT2D eigenvalue weighted by molar-refractivity contribution is 7.91. The van der Waals surface area contributed by atoms with E-state index < -0.39 is 21.1 Å². The Morgan fingerprint density at radius 1 is 1.06 bits per heavy atom. The molecule has 0 aliphatic carbocycles. The highest BCUT2D eigenvalue weighted by atomic mass is 32.2. The number of halogens is 1. The van der Waals surface area contributed by atoms with E-state index in [0.29, 0.717) is 44.1 Å². The summed E-state index contributed by atoms with van der Waals surface area (Å²) in [4.78, 5) is 14.8. The van der Waals surface area contributed by atoms with Crippen LogP contribution in [0.2, 0.25) is 0 Å². The van der Waals surface area contributed by atoms with Crippen molar-refractivity contribution in [3.05, 3.63) is 63.7 Å². The second-order valence-electron chi connectivity index (χ2n) is 7.78. The van der Waals surface area contributed by atoms with Crippen molar-refractivity contribution in [3.63, 3.8) is 0 Å². The molecule has 1 aromatic heterocycles. The molecule has 164 valence electrons. The van der Waals surface area contributed by atoms with E-state index in [-0.39, 0.29) is 15.2 Å². The van der Waals surface area contributed by atoms with Crippen molar-refractivity contribution < 1.29 is 17.5 Å². The van der Waals surface area contributed by atoms with Gasteiger partial charge in [-0.05, 0) is 56.2 Å². The highest BCUT2D eigenvalue weighted by Gasteiger charge is 2.25. The highest BCUT2D eigenvalue weighted by Crippen LogP contribution is 2.28. The number of aromatic nitrogens is 1. The van der Waals surface area contributed by atoms with Crippen molar-refractivity contribution in [3.8, 4) is 0 Å². The third-order valence-electron chi connectivity index (χ3n) is 5.89. The Morgan fingerprint density at radius 3 is 2.42 bits per heavy atom. The number of pyridine rings is 1. The van der Waals surface area contributed by atoms with Gasteiger partial charge in [0.1, 0.15) is 10.7 Å². The predicted octanol–water partition coefficient (Wildman–Crippen LogP) is 3.45. The monoisotopic (exact) mass is 444 g/mol. The summed E-state index contributed by atoms with van der Waals surface area (Å²) < 4.78 is 48.6. The Morgan fingerprint density at radius 2 is 1.77 bits per heavy atom. The molecule has 4 rings (SSSR count). The molecule has 1 fully saturated rings. The predicted molar refractivity (Wildman–Crippen MR) is 118 cm³/mol. The lowest BCUT2D eigenvalue weighted by Gasteiger charge is -2.29. The maximum absolute atomic E-state index is 15.0. The fraction of sp³-hybridized carbons (Fsp3) is 0.348. The van der Waals surface area contributed by atoms with E-state index in [9.17, 15) is 17.6 Å². The molecule has 2 aromatic carbocycles. The summed E-state index contributed by atoms with van der Waals surface area (Å²) in [6, 6.07) is 7.57. The number of nitrogens with zero attached hydrogens (tertiary/aromatic N) is 2. The second-order valence-corrected chi connectivity index (χ2v) is 9.70. The average Bonchev–Trinajstić information content (AvgIpc) is 2.76. The number of rotatable bonds is 4. The smallest absolute Gasteiger partial charge is 0.211 e. The number of fused-ring (bicyclic) bond motifs is 1. The minimum absolute atomic E-state index is 0.0557. The van der Waals surface area contributed by atoms with Crippen LogP contribution in [-0.2, 0) is 21.1 Å². The van der Waals surface area contributed by atoms with Crippen LogP contribution in [0.15, 0.2) is 51.1 Å². The Labute approximate surface area is 180 Å². The van der Waals surface area contributed by atoms with Crippen molar-refractivity contribution >= 4 is 26.4 Å². The van der Waals surface area contributed by atoms with Gasteiger partial charge < -0.3 is 14.2 Å². The molecule has 0 bridgehead atoms. The maximum atomic E-state index is 15.0. The summed E-state index contributed by atoms with van der Waals surface area (Å²) in [6.07, 6.45) is 1.37. The molecule has 1 saturated heterocycles. The molecule has 1 aliphatic rings. The maximum Gasteiger partial charge on any atom is 0.211 e. The van der Waals surface area contributed by atoms with Gasteiger partial charge >= 0.3 is 0 Å². The van der Waals surface area contributed by atoms with E-state index in [0.717, 1.165) is 17.2 Å². The van der Waals surface area contributed by atoms with Gasteiger partial charge in [-0.2, -0.15) is 0 Å². The first kappa shape index (κ1) is 21.5. The van der Waals surface area contributed by atoms with Gasteiger partial charge in [-0.1, -0.05) is 6.07 Å². The third kappa shape index (κ3) is 3.74. The van der Waals surface area contributed by atoms with Crippen LogP contribution < -0.4 is 10.3 Å². The van der Waals surface area contributed by atoms with Gasteiger partial charge in [-0.3, -0.25) is 4.79 Å². The molecule has 0 amide bonds. The quantitative estimate of drug-likeness (QED) is 0.617. The topological polar surface area (TPSA) is 68.6 Å². The fourth-order valence-corrected chi connectivity index (χ4v) is 5.33. The summed E-state index contributed by atoms with van der Waals surface area (Å²) in [5.74, 6) is -0.546. The Bertz CT molecular complexity index is 1330. The van der Waals surface area contributed by atoms with Crippen molar-refractivity contribution in [1.29, 1.82) is 0 Å². The lowest BCUT2D eigenvalue weighted by Crippen LogP contribution is -2.36. The molecule has 0 unspecified atom stereocenters. The van der Waals surface area contributed by atoms with Crippen LogP contribution in [-0.4, -0.2) is 39.3 Å². The Kier molecular flexibility index (Phi) is 5.61. The van der Waals surface area contributed by atoms with E-state index in [2.05, 4.69) is 0 Å². The zero-order valence-corrected chi connectivity index (χ0v) is 18.6. The fourth-order valence-electron chi connectivity index (χ4n) is 3.88. The Hall–Kier alpha value is -2.71. The number of morpholine rings is 1. The van der Waals surface area contributed by atoms with Gasteiger partial charge in [0.05, 0.1) is 34.7 Å². The largest absolute Gasteiger partial charge is 0.378 e. The molecule has 31 heavy (non-hydrogen) atoms. The summed E-state index contributed by atoms with van der Waals surface area (Å²) in [5.41, 5.74) is 1.99. The van der Waals surface area contributed by atoms with E-state index in [1.54, 1.807) is 22.8 Å². The van der Waals surface area contributed by atoms with Gasteiger partial charge in [-0.15, -0.1) is 0 Å². The molecule has 6 nitrogen and oxygen atoms in total. The van der Waals surface area contributed by atoms with E-state index in [1.807, 2.05) is 25.7 Å². The normalized spacial score (nSPS) is 14.9. The number of hydrogen-bond donors (Lipinski definition) is 0. The van der Waals surface area contributed by atoms with Gasteiger partial charge in [0, 0.05) is 25.8 Å². The van der Waals surface area contributed by atoms with Crippen LogP contribution >= 0.6 is 0 Å². The average molecular weight is 445 g/mol. The van der Waals surface area contributed by atoms with Crippen LogP contribution in [0.3, 0.4) is 0 Å². The molecule has 0 saturated carbocycles. The van der Waals surface area contributed by atoms with Gasteiger partial charge in [-0.25, -0.2) is 12.8 Å². The van der Waals surface area contributed by atoms with E-state index >= 15 is 0 Å². The number of sulfone groups is 1. The lowest BCUT2D eigenvalue weighted by molar-refractivity contribution is 0.122.